The Morgan fingerprint density at radius 1 is 0.679 bits per heavy atom. The maximum atomic E-state index is 11.8. The van der Waals surface area contributed by atoms with Crippen molar-refractivity contribution < 1.29 is 24.1 Å². The van der Waals surface area contributed by atoms with E-state index in [1.165, 1.54) is 77.7 Å². The molecule has 0 saturated carbocycles. The van der Waals surface area contributed by atoms with Crippen LogP contribution >= 0.6 is 0 Å². The second-order valence-corrected chi connectivity index (χ2v) is 7.68. The van der Waals surface area contributed by atoms with Gasteiger partial charge in [0.2, 0.25) is 6.10 Å². The van der Waals surface area contributed by atoms with E-state index < -0.39 is 12.1 Å². The highest BCUT2D eigenvalue weighted by Crippen LogP contribution is 2.15. The van der Waals surface area contributed by atoms with Gasteiger partial charge in [-0.3, -0.25) is 9.68 Å². The lowest BCUT2D eigenvalue weighted by Gasteiger charge is -2.15. The molecule has 0 aromatic heterocycles. The van der Waals surface area contributed by atoms with E-state index >= 15 is 0 Å². The Morgan fingerprint density at radius 3 is 1.57 bits per heavy atom. The van der Waals surface area contributed by atoms with Crippen LogP contribution in [-0.4, -0.2) is 25.2 Å². The van der Waals surface area contributed by atoms with Gasteiger partial charge >= 0.3 is 11.9 Å². The van der Waals surface area contributed by atoms with E-state index in [9.17, 15) is 9.59 Å². The average Bonchev–Trinajstić information content (AvgIpc) is 2.67. The highest BCUT2D eigenvalue weighted by Gasteiger charge is 2.24. The van der Waals surface area contributed by atoms with Crippen molar-refractivity contribution in [3.63, 3.8) is 0 Å². The van der Waals surface area contributed by atoms with Crippen LogP contribution < -0.4 is 0 Å². The first-order valence-electron chi connectivity index (χ1n) is 11.6. The van der Waals surface area contributed by atoms with Gasteiger partial charge in [0.15, 0.2) is 0 Å². The quantitative estimate of drug-likeness (QED) is 0.0987. The number of hydrogen-bond donors (Lipinski definition) is 0. The summed E-state index contributed by atoms with van der Waals surface area (Å²) in [6, 6.07) is 0. The summed E-state index contributed by atoms with van der Waals surface area (Å²) in [5, 5.41) is 0. The van der Waals surface area contributed by atoms with Crippen molar-refractivity contribution in [2.75, 3.05) is 7.11 Å². The van der Waals surface area contributed by atoms with Crippen molar-refractivity contribution in [1.29, 1.82) is 0 Å². The summed E-state index contributed by atoms with van der Waals surface area (Å²) in [6.07, 6.45) is 18.6. The lowest BCUT2D eigenvalue weighted by molar-refractivity contribution is -0.263. The van der Waals surface area contributed by atoms with Crippen LogP contribution in [0.1, 0.15) is 123 Å². The molecule has 0 amide bonds. The highest BCUT2D eigenvalue weighted by atomic mass is 17.2. The van der Waals surface area contributed by atoms with Crippen LogP contribution in [0, 0.1) is 0 Å². The third kappa shape index (κ3) is 17.0. The molecule has 0 aromatic carbocycles. The summed E-state index contributed by atoms with van der Waals surface area (Å²) >= 11 is 0. The molecule has 1 atom stereocenters. The van der Waals surface area contributed by atoms with E-state index in [0.717, 1.165) is 19.3 Å². The van der Waals surface area contributed by atoms with Crippen molar-refractivity contribution in [1.82, 2.24) is 0 Å². The van der Waals surface area contributed by atoms with Gasteiger partial charge in [-0.05, 0) is 19.3 Å². The normalized spacial score (nSPS) is 12.0. The molecule has 0 aromatic rings. The average molecular weight is 401 g/mol. The Balaban J connectivity index is 3.63. The summed E-state index contributed by atoms with van der Waals surface area (Å²) in [5.41, 5.74) is 0. The first-order valence-corrected chi connectivity index (χ1v) is 11.6. The van der Waals surface area contributed by atoms with Gasteiger partial charge in [0.25, 0.3) is 0 Å². The molecule has 0 heterocycles. The fraction of sp³-hybridized carbons (Fsp3) is 0.913. The SMILES string of the molecule is CCCCCCCCCCCCCCCCC(OC(=O)CCC)C(=O)OOC. The van der Waals surface area contributed by atoms with Gasteiger partial charge in [0, 0.05) is 6.42 Å². The fourth-order valence-electron chi connectivity index (χ4n) is 3.31. The molecule has 5 nitrogen and oxygen atoms in total. The van der Waals surface area contributed by atoms with Gasteiger partial charge < -0.3 is 4.74 Å². The van der Waals surface area contributed by atoms with Crippen LogP contribution in [0.25, 0.3) is 0 Å². The Hall–Kier alpha value is -1.10. The van der Waals surface area contributed by atoms with E-state index in [4.69, 9.17) is 4.74 Å². The van der Waals surface area contributed by atoms with Crippen molar-refractivity contribution in [2.45, 2.75) is 129 Å². The molecule has 0 radical (unpaired) electrons. The Morgan fingerprint density at radius 2 is 1.14 bits per heavy atom. The monoisotopic (exact) mass is 400 g/mol. The van der Waals surface area contributed by atoms with Crippen LogP contribution in [-0.2, 0) is 24.1 Å². The molecule has 1 unspecified atom stereocenters. The van der Waals surface area contributed by atoms with Crippen LogP contribution in [0.5, 0.6) is 0 Å². The van der Waals surface area contributed by atoms with Crippen LogP contribution in [0.15, 0.2) is 0 Å². The zero-order valence-electron chi connectivity index (χ0n) is 18.6. The summed E-state index contributed by atoms with van der Waals surface area (Å²) < 4.78 is 5.23. The molecule has 0 fully saturated rings. The van der Waals surface area contributed by atoms with Crippen LogP contribution in [0.4, 0.5) is 0 Å². The van der Waals surface area contributed by atoms with E-state index in [1.54, 1.807) is 0 Å². The molecular weight excluding hydrogens is 356 g/mol. The van der Waals surface area contributed by atoms with Crippen molar-refractivity contribution in [3.05, 3.63) is 0 Å². The van der Waals surface area contributed by atoms with Gasteiger partial charge in [0.05, 0.1) is 7.11 Å². The molecule has 0 aliphatic carbocycles. The summed E-state index contributed by atoms with van der Waals surface area (Å²) in [4.78, 5) is 32.4. The smallest absolute Gasteiger partial charge is 0.382 e. The highest BCUT2D eigenvalue weighted by molar-refractivity contribution is 5.78. The predicted molar refractivity (Wildman–Crippen MR) is 113 cm³/mol. The molecule has 0 bridgehead atoms. The minimum atomic E-state index is -0.851. The third-order valence-corrected chi connectivity index (χ3v) is 4.98. The number of carbonyl (C=O) groups is 2. The van der Waals surface area contributed by atoms with E-state index in [-0.39, 0.29) is 5.97 Å². The molecule has 0 saturated heterocycles. The van der Waals surface area contributed by atoms with Crippen molar-refractivity contribution in [3.8, 4) is 0 Å². The predicted octanol–water partition coefficient (Wildman–Crippen LogP) is 6.67. The van der Waals surface area contributed by atoms with Crippen molar-refractivity contribution >= 4 is 11.9 Å². The first-order chi connectivity index (χ1) is 13.7. The number of hydrogen-bond acceptors (Lipinski definition) is 5. The van der Waals surface area contributed by atoms with Gasteiger partial charge in [-0.2, -0.15) is 4.89 Å². The van der Waals surface area contributed by atoms with Gasteiger partial charge in [0.1, 0.15) is 0 Å². The van der Waals surface area contributed by atoms with Gasteiger partial charge in [-0.25, -0.2) is 4.79 Å². The molecule has 0 N–H and O–H groups in total. The molecule has 0 rings (SSSR count). The van der Waals surface area contributed by atoms with Crippen LogP contribution in [0.3, 0.4) is 0 Å². The number of esters is 1. The number of rotatable bonds is 20. The minimum absolute atomic E-state index is 0.315. The van der Waals surface area contributed by atoms with Crippen molar-refractivity contribution in [2.24, 2.45) is 0 Å². The Bertz CT molecular complexity index is 370. The lowest BCUT2D eigenvalue weighted by atomic mass is 10.0. The van der Waals surface area contributed by atoms with E-state index in [1.807, 2.05) is 6.92 Å². The zero-order chi connectivity index (χ0) is 20.9. The molecule has 166 valence electrons. The van der Waals surface area contributed by atoms with E-state index in [2.05, 4.69) is 16.7 Å². The fourth-order valence-corrected chi connectivity index (χ4v) is 3.31. The lowest BCUT2D eigenvalue weighted by Crippen LogP contribution is -2.29. The summed E-state index contributed by atoms with van der Waals surface area (Å²) in [7, 11) is 1.27. The van der Waals surface area contributed by atoms with Gasteiger partial charge in [-0.15, -0.1) is 0 Å². The molecular formula is C23H44O5. The first kappa shape index (κ1) is 26.9. The maximum Gasteiger partial charge on any atom is 0.382 e. The largest absolute Gasteiger partial charge is 0.450 e. The zero-order valence-corrected chi connectivity index (χ0v) is 18.6. The molecule has 0 aliphatic heterocycles. The number of carbonyl (C=O) groups excluding carboxylic acids is 2. The summed E-state index contributed by atoms with van der Waals surface area (Å²) in [5.74, 6) is -0.979. The van der Waals surface area contributed by atoms with Gasteiger partial charge in [-0.1, -0.05) is 97.3 Å². The Kier molecular flexibility index (Phi) is 19.8. The second kappa shape index (κ2) is 20.6. The molecule has 0 spiro atoms. The molecule has 28 heavy (non-hydrogen) atoms. The van der Waals surface area contributed by atoms with Crippen LogP contribution in [0.2, 0.25) is 0 Å². The number of unbranched alkanes of at least 4 members (excludes halogenated alkanes) is 13. The third-order valence-electron chi connectivity index (χ3n) is 4.98. The minimum Gasteiger partial charge on any atom is -0.450 e. The van der Waals surface area contributed by atoms with E-state index in [0.29, 0.717) is 19.3 Å². The second-order valence-electron chi connectivity index (χ2n) is 7.68. The Labute approximate surface area is 172 Å². The number of ether oxygens (including phenoxy) is 1. The standard InChI is InChI=1S/C23H44O5/c1-4-6-7-8-9-10-11-12-13-14-15-16-17-18-20-21(23(25)28-26-3)27-22(24)19-5-2/h21H,4-20H2,1-3H3. The molecule has 5 heteroatoms. The maximum absolute atomic E-state index is 11.8. The topological polar surface area (TPSA) is 61.8 Å². The summed E-state index contributed by atoms with van der Waals surface area (Å²) in [6.45, 7) is 4.16. The molecule has 0 aliphatic rings.